The summed E-state index contributed by atoms with van der Waals surface area (Å²) in [7, 11) is -2.64. The zero-order valence-corrected chi connectivity index (χ0v) is 24.9. The van der Waals surface area contributed by atoms with Gasteiger partial charge in [0, 0.05) is 47.1 Å². The van der Waals surface area contributed by atoms with Crippen LogP contribution in [-0.4, -0.2) is 79.4 Å². The quantitative estimate of drug-likeness (QED) is 0.281. The normalized spacial score (nSPS) is 19.7. The van der Waals surface area contributed by atoms with Gasteiger partial charge in [-0.2, -0.15) is 14.7 Å². The molecule has 2 aliphatic heterocycles. The van der Waals surface area contributed by atoms with Crippen molar-refractivity contribution >= 4 is 27.2 Å². The molecule has 1 amide bonds. The van der Waals surface area contributed by atoms with E-state index in [0.717, 1.165) is 31.2 Å². The predicted molar refractivity (Wildman–Crippen MR) is 157 cm³/mol. The number of benzene rings is 1. The van der Waals surface area contributed by atoms with Gasteiger partial charge in [-0.25, -0.2) is 27.2 Å². The van der Waals surface area contributed by atoms with E-state index in [2.05, 4.69) is 25.3 Å². The van der Waals surface area contributed by atoms with Crippen LogP contribution in [0.3, 0.4) is 0 Å². The maximum atomic E-state index is 14.3. The lowest BCUT2D eigenvalue weighted by molar-refractivity contribution is 0.0556. The van der Waals surface area contributed by atoms with E-state index in [4.69, 9.17) is 15.5 Å². The van der Waals surface area contributed by atoms with Gasteiger partial charge in [-0.15, -0.1) is 0 Å². The SMILES string of the molecule is COc1c(F)cc(-c2ccc(-c3cnn4c(N)c(S(C)(=O)=O)c(C5CC6CC[C@@H](C5)N6C(=O)c5ncn[nH]5)nc34)cn2)cc1F. The molecule has 2 saturated heterocycles. The molecular weight excluding hydrogens is 608 g/mol. The summed E-state index contributed by atoms with van der Waals surface area (Å²) < 4.78 is 60.8. The van der Waals surface area contributed by atoms with Crippen molar-refractivity contribution in [3.63, 3.8) is 0 Å². The van der Waals surface area contributed by atoms with Crippen LogP contribution in [0.25, 0.3) is 28.0 Å². The molecule has 16 heteroatoms. The third-order valence-corrected chi connectivity index (χ3v) is 9.74. The number of hydrogen-bond donors (Lipinski definition) is 2. The molecular formula is C29H27F2N9O4S. The Balaban J connectivity index is 1.26. The summed E-state index contributed by atoms with van der Waals surface area (Å²) in [6.07, 6.45) is 7.93. The van der Waals surface area contributed by atoms with Crippen LogP contribution < -0.4 is 10.5 Å². The van der Waals surface area contributed by atoms with Crippen molar-refractivity contribution in [3.05, 3.63) is 66.1 Å². The van der Waals surface area contributed by atoms with Gasteiger partial charge >= 0.3 is 0 Å². The molecule has 3 atom stereocenters. The predicted octanol–water partition coefficient (Wildman–Crippen LogP) is 3.40. The van der Waals surface area contributed by atoms with Crippen LogP contribution in [-0.2, 0) is 9.84 Å². The smallest absolute Gasteiger partial charge is 0.291 e. The third-order valence-electron chi connectivity index (χ3n) is 8.58. The Bertz CT molecular complexity index is 2030. The highest BCUT2D eigenvalue weighted by Gasteiger charge is 2.46. The zero-order valence-electron chi connectivity index (χ0n) is 24.1. The van der Waals surface area contributed by atoms with Gasteiger partial charge in [0.2, 0.25) is 5.82 Å². The van der Waals surface area contributed by atoms with Crippen molar-refractivity contribution in [1.29, 1.82) is 0 Å². The molecule has 6 heterocycles. The first-order chi connectivity index (χ1) is 21.5. The Morgan fingerprint density at radius 2 is 1.78 bits per heavy atom. The number of rotatable bonds is 6. The van der Waals surface area contributed by atoms with Crippen molar-refractivity contribution in [2.45, 2.75) is 48.6 Å². The summed E-state index contributed by atoms with van der Waals surface area (Å²) in [6, 6.07) is 5.32. The monoisotopic (exact) mass is 635 g/mol. The van der Waals surface area contributed by atoms with Crippen molar-refractivity contribution in [3.8, 4) is 28.1 Å². The maximum Gasteiger partial charge on any atom is 0.291 e. The third kappa shape index (κ3) is 4.75. The van der Waals surface area contributed by atoms with Gasteiger partial charge in [0.25, 0.3) is 5.91 Å². The number of nitrogens with zero attached hydrogens (tertiary/aromatic N) is 7. The highest BCUT2D eigenvalue weighted by Crippen LogP contribution is 2.45. The topological polar surface area (TPSA) is 174 Å². The molecule has 2 bridgehead atoms. The number of amides is 1. The summed E-state index contributed by atoms with van der Waals surface area (Å²) in [6.45, 7) is 0. The summed E-state index contributed by atoms with van der Waals surface area (Å²) in [5.74, 6) is -2.61. The van der Waals surface area contributed by atoms with Gasteiger partial charge in [0.05, 0.1) is 24.7 Å². The second kappa shape index (κ2) is 10.6. The zero-order chi connectivity index (χ0) is 31.6. The van der Waals surface area contributed by atoms with E-state index in [9.17, 15) is 22.0 Å². The summed E-state index contributed by atoms with van der Waals surface area (Å²) in [5, 5.41) is 10.8. The van der Waals surface area contributed by atoms with Crippen LogP contribution in [0, 0.1) is 11.6 Å². The fraction of sp³-hybridized carbons (Fsp3) is 0.310. The minimum absolute atomic E-state index is 0.0648. The second-order valence-electron chi connectivity index (χ2n) is 11.3. The Labute approximate surface area is 255 Å². The minimum Gasteiger partial charge on any atom is -0.491 e. The molecule has 2 unspecified atom stereocenters. The van der Waals surface area contributed by atoms with Crippen molar-refractivity contribution < 1.29 is 26.7 Å². The molecule has 1 aromatic carbocycles. The first-order valence-electron chi connectivity index (χ1n) is 14.1. The highest BCUT2D eigenvalue weighted by atomic mass is 32.2. The van der Waals surface area contributed by atoms with E-state index in [0.29, 0.717) is 41.0 Å². The molecule has 45 heavy (non-hydrogen) atoms. The average Bonchev–Trinajstić information content (AvgIpc) is 3.75. The number of piperidine rings is 1. The molecule has 0 spiro atoms. The lowest BCUT2D eigenvalue weighted by Crippen LogP contribution is -2.46. The molecule has 0 radical (unpaired) electrons. The average molecular weight is 636 g/mol. The van der Waals surface area contributed by atoms with Crippen LogP contribution in [0.5, 0.6) is 5.75 Å². The molecule has 0 saturated carbocycles. The van der Waals surface area contributed by atoms with Crippen molar-refractivity contribution in [1.82, 2.24) is 39.7 Å². The highest BCUT2D eigenvalue weighted by molar-refractivity contribution is 7.91. The standard InChI is InChI=1S/C29H27F2N9O4S/c1-44-24-20(30)9-15(10-21(24)31)22-6-3-14(11-33-22)19-12-36-40-26(32)25(45(2,42)43)23(37-28(19)40)16-7-17-4-5-18(8-16)39(17)29(41)27-34-13-35-38-27/h3,6,9-13,16-18H,4-5,7-8,32H2,1-2H3,(H,34,35,38)/t16?,17-,18?/m0/s1. The maximum absolute atomic E-state index is 14.3. The van der Waals surface area contributed by atoms with E-state index in [1.165, 1.54) is 30.3 Å². The number of carbonyl (C=O) groups excluding carboxylic acids is 1. The number of ether oxygens (including phenoxy) is 1. The Kier molecular flexibility index (Phi) is 6.76. The van der Waals surface area contributed by atoms with Gasteiger partial charge in [0.1, 0.15) is 17.0 Å². The van der Waals surface area contributed by atoms with Gasteiger partial charge < -0.3 is 15.4 Å². The summed E-state index contributed by atoms with van der Waals surface area (Å²) in [5.41, 5.74) is 8.82. The molecule has 2 fully saturated rings. The molecule has 4 aromatic heterocycles. The number of fused-ring (bicyclic) bond motifs is 3. The molecule has 232 valence electrons. The first kappa shape index (κ1) is 28.8. The van der Waals surface area contributed by atoms with Crippen LogP contribution in [0.15, 0.2) is 47.9 Å². The van der Waals surface area contributed by atoms with Gasteiger partial charge in [-0.3, -0.25) is 14.9 Å². The number of aromatic amines is 1. The number of carbonyl (C=O) groups is 1. The number of anilines is 1. The molecule has 2 aliphatic rings. The molecule has 3 N–H and O–H groups in total. The lowest BCUT2D eigenvalue weighted by atomic mass is 9.87. The summed E-state index contributed by atoms with van der Waals surface area (Å²) >= 11 is 0. The Hall–Kier alpha value is -4.99. The van der Waals surface area contributed by atoms with E-state index in [-0.39, 0.29) is 46.0 Å². The van der Waals surface area contributed by atoms with E-state index >= 15 is 0 Å². The van der Waals surface area contributed by atoms with E-state index in [1.54, 1.807) is 12.1 Å². The number of methoxy groups -OCH3 is 1. The molecule has 13 nitrogen and oxygen atoms in total. The minimum atomic E-state index is -3.82. The number of halogens is 2. The largest absolute Gasteiger partial charge is 0.491 e. The number of sulfone groups is 1. The fourth-order valence-corrected chi connectivity index (χ4v) is 7.73. The molecule has 0 aliphatic carbocycles. The Morgan fingerprint density at radius 1 is 1.07 bits per heavy atom. The van der Waals surface area contributed by atoms with Gasteiger partial charge in [-0.1, -0.05) is 6.07 Å². The molecule has 5 aromatic rings. The van der Waals surface area contributed by atoms with E-state index in [1.807, 2.05) is 4.90 Å². The van der Waals surface area contributed by atoms with Crippen LogP contribution in [0.4, 0.5) is 14.6 Å². The van der Waals surface area contributed by atoms with Crippen LogP contribution >= 0.6 is 0 Å². The van der Waals surface area contributed by atoms with Crippen molar-refractivity contribution in [2.75, 3.05) is 19.1 Å². The number of nitrogen functional groups attached to an aromatic ring is 1. The van der Waals surface area contributed by atoms with Crippen LogP contribution in [0.1, 0.15) is 47.9 Å². The number of nitrogens with one attached hydrogen (secondary N) is 1. The van der Waals surface area contributed by atoms with Gasteiger partial charge in [-0.05, 0) is 43.9 Å². The lowest BCUT2D eigenvalue weighted by Gasteiger charge is -2.38. The second-order valence-corrected chi connectivity index (χ2v) is 13.2. The number of aromatic nitrogens is 7. The number of hydrogen-bond acceptors (Lipinski definition) is 10. The first-order valence-corrected chi connectivity index (χ1v) is 16.0. The number of pyridine rings is 1. The fourth-order valence-electron chi connectivity index (χ4n) is 6.67. The van der Waals surface area contributed by atoms with Gasteiger partial charge in [0.15, 0.2) is 32.9 Å². The number of nitrogens with two attached hydrogens (primary N) is 1. The van der Waals surface area contributed by atoms with E-state index < -0.39 is 27.2 Å². The molecule has 7 rings (SSSR count). The summed E-state index contributed by atoms with van der Waals surface area (Å²) in [4.78, 5) is 28.2. The Morgan fingerprint density at radius 3 is 2.36 bits per heavy atom. The number of H-pyrrole nitrogens is 1. The van der Waals surface area contributed by atoms with Crippen molar-refractivity contribution in [2.24, 2.45) is 0 Å². The van der Waals surface area contributed by atoms with Crippen LogP contribution in [0.2, 0.25) is 0 Å².